The molecule has 0 unspecified atom stereocenters. The number of nitrogens with zero attached hydrogens (tertiary/aromatic N) is 3. The minimum Gasteiger partial charge on any atom is -0.307 e. The maximum atomic E-state index is 12.1. The summed E-state index contributed by atoms with van der Waals surface area (Å²) in [6.45, 7) is 1.85. The molecule has 1 aliphatic carbocycles. The van der Waals surface area contributed by atoms with Gasteiger partial charge in [0.2, 0.25) is 0 Å². The van der Waals surface area contributed by atoms with Crippen molar-refractivity contribution in [2.24, 2.45) is 0 Å². The molecule has 2 N–H and O–H groups in total. The van der Waals surface area contributed by atoms with Gasteiger partial charge in [0, 0.05) is 36.8 Å². The van der Waals surface area contributed by atoms with Gasteiger partial charge in [-0.1, -0.05) is 37.1 Å². The summed E-state index contributed by atoms with van der Waals surface area (Å²) in [5, 5.41) is 6.84. The molecule has 0 amide bonds. The highest BCUT2D eigenvalue weighted by Gasteiger charge is 2.19. The van der Waals surface area contributed by atoms with Crippen LogP contribution in [0.5, 0.6) is 0 Å². The molecule has 0 atom stereocenters. The second kappa shape index (κ2) is 8.52. The molecule has 146 valence electrons. The van der Waals surface area contributed by atoms with Gasteiger partial charge < -0.3 is 9.88 Å². The molecule has 1 aromatic carbocycles. The molecule has 0 aliphatic heterocycles. The van der Waals surface area contributed by atoms with Crippen LogP contribution in [0.2, 0.25) is 0 Å². The zero-order valence-corrected chi connectivity index (χ0v) is 16.3. The summed E-state index contributed by atoms with van der Waals surface area (Å²) in [4.78, 5) is 22.1. The Morgan fingerprint density at radius 1 is 1.14 bits per heavy atom. The standard InChI is InChI=1S/C22H27N5O/c1-27(11-10-17-13-23-24-14-17)15-16-6-8-19(9-7-16)22-25-20(12-21(28)26-22)18-4-2-3-5-18/h6-9,12-14,18H,2-5,10-11,15H2,1H3,(H,23,24)(H,25,26,28). The average molecular weight is 377 g/mol. The quantitative estimate of drug-likeness (QED) is 0.661. The van der Waals surface area contributed by atoms with Crippen LogP contribution in [0.25, 0.3) is 11.4 Å². The van der Waals surface area contributed by atoms with Crippen LogP contribution in [0.15, 0.2) is 47.5 Å². The first-order valence-corrected chi connectivity index (χ1v) is 10.0. The third-order valence-electron chi connectivity index (χ3n) is 5.55. The molecule has 1 aliphatic rings. The summed E-state index contributed by atoms with van der Waals surface area (Å²) in [6, 6.07) is 10.0. The summed E-state index contributed by atoms with van der Waals surface area (Å²) in [5.41, 5.74) is 4.31. The second-order valence-corrected chi connectivity index (χ2v) is 7.79. The fourth-order valence-electron chi connectivity index (χ4n) is 3.94. The molecule has 2 aromatic heterocycles. The van der Waals surface area contributed by atoms with Gasteiger partial charge in [0.1, 0.15) is 5.82 Å². The van der Waals surface area contributed by atoms with E-state index in [-0.39, 0.29) is 5.56 Å². The van der Waals surface area contributed by atoms with E-state index in [0.29, 0.717) is 11.7 Å². The fraction of sp³-hybridized carbons (Fsp3) is 0.409. The first kappa shape index (κ1) is 18.6. The number of benzene rings is 1. The van der Waals surface area contributed by atoms with Crippen molar-refractivity contribution in [3.8, 4) is 11.4 Å². The predicted octanol–water partition coefficient (Wildman–Crippen LogP) is 3.49. The molecule has 0 bridgehead atoms. The maximum Gasteiger partial charge on any atom is 0.251 e. The van der Waals surface area contributed by atoms with E-state index >= 15 is 0 Å². The number of aromatic amines is 2. The van der Waals surface area contributed by atoms with Crippen molar-refractivity contribution in [2.75, 3.05) is 13.6 Å². The van der Waals surface area contributed by atoms with Crippen LogP contribution < -0.4 is 5.56 Å². The van der Waals surface area contributed by atoms with Crippen molar-refractivity contribution < 1.29 is 0 Å². The zero-order valence-electron chi connectivity index (χ0n) is 16.3. The van der Waals surface area contributed by atoms with Gasteiger partial charge >= 0.3 is 0 Å². The normalized spacial score (nSPS) is 14.8. The fourth-order valence-corrected chi connectivity index (χ4v) is 3.94. The maximum absolute atomic E-state index is 12.1. The molecule has 3 aromatic rings. The van der Waals surface area contributed by atoms with Crippen LogP contribution in [0, 0.1) is 0 Å². The van der Waals surface area contributed by atoms with E-state index < -0.39 is 0 Å². The molecule has 1 fully saturated rings. The van der Waals surface area contributed by atoms with Gasteiger partial charge in [-0.25, -0.2) is 4.98 Å². The molecule has 28 heavy (non-hydrogen) atoms. The third-order valence-corrected chi connectivity index (χ3v) is 5.55. The van der Waals surface area contributed by atoms with Crippen LogP contribution in [0.1, 0.15) is 48.4 Å². The summed E-state index contributed by atoms with van der Waals surface area (Å²) in [5.74, 6) is 1.11. The highest BCUT2D eigenvalue weighted by molar-refractivity contribution is 5.55. The lowest BCUT2D eigenvalue weighted by Crippen LogP contribution is -2.20. The molecular weight excluding hydrogens is 350 g/mol. The summed E-state index contributed by atoms with van der Waals surface area (Å²) in [7, 11) is 2.12. The van der Waals surface area contributed by atoms with Crippen LogP contribution in [-0.2, 0) is 13.0 Å². The molecule has 0 spiro atoms. The molecule has 6 nitrogen and oxygen atoms in total. The van der Waals surface area contributed by atoms with E-state index in [1.807, 2.05) is 12.4 Å². The van der Waals surface area contributed by atoms with E-state index in [1.165, 1.54) is 24.0 Å². The molecule has 4 rings (SSSR count). The monoisotopic (exact) mass is 377 g/mol. The van der Waals surface area contributed by atoms with Crippen molar-refractivity contribution in [3.05, 3.63) is 69.9 Å². The molecule has 1 saturated carbocycles. The van der Waals surface area contributed by atoms with Crippen molar-refractivity contribution in [1.82, 2.24) is 25.1 Å². The van der Waals surface area contributed by atoms with Crippen LogP contribution in [-0.4, -0.2) is 38.7 Å². The Hall–Kier alpha value is -2.73. The lowest BCUT2D eigenvalue weighted by atomic mass is 10.0. The van der Waals surface area contributed by atoms with Crippen LogP contribution in [0.3, 0.4) is 0 Å². The Bertz CT molecular complexity index is 940. The van der Waals surface area contributed by atoms with Gasteiger partial charge in [-0.05, 0) is 37.4 Å². The highest BCUT2D eigenvalue weighted by atomic mass is 16.1. The average Bonchev–Trinajstić information content (AvgIpc) is 3.40. The lowest BCUT2D eigenvalue weighted by molar-refractivity contribution is 0.331. The molecule has 0 radical (unpaired) electrons. The summed E-state index contributed by atoms with van der Waals surface area (Å²) in [6.07, 6.45) is 9.53. The number of hydrogen-bond acceptors (Lipinski definition) is 4. The highest BCUT2D eigenvalue weighted by Crippen LogP contribution is 2.33. The Balaban J connectivity index is 1.42. The second-order valence-electron chi connectivity index (χ2n) is 7.79. The van der Waals surface area contributed by atoms with Gasteiger partial charge in [0.15, 0.2) is 0 Å². The Kier molecular flexibility index (Phi) is 5.67. The number of aromatic nitrogens is 4. The SMILES string of the molecule is CN(CCc1cn[nH]c1)Cc1ccc(-c2nc(C3CCCC3)cc(=O)[nH]2)cc1. The Morgan fingerprint density at radius 3 is 2.64 bits per heavy atom. The van der Waals surface area contributed by atoms with Crippen molar-refractivity contribution >= 4 is 0 Å². The molecule has 6 heteroatoms. The van der Waals surface area contributed by atoms with Crippen LogP contribution in [0.4, 0.5) is 0 Å². The zero-order chi connectivity index (χ0) is 19.3. The van der Waals surface area contributed by atoms with Crippen molar-refractivity contribution in [2.45, 2.75) is 44.6 Å². The molecule has 0 saturated heterocycles. The van der Waals surface area contributed by atoms with Gasteiger partial charge in [-0.3, -0.25) is 9.89 Å². The largest absolute Gasteiger partial charge is 0.307 e. The summed E-state index contributed by atoms with van der Waals surface area (Å²) >= 11 is 0. The number of likely N-dealkylation sites (N-methyl/N-ethyl adjacent to an activating group) is 1. The number of rotatable bonds is 7. The topological polar surface area (TPSA) is 77.7 Å². The van der Waals surface area contributed by atoms with E-state index in [0.717, 1.165) is 43.6 Å². The number of H-pyrrole nitrogens is 2. The summed E-state index contributed by atoms with van der Waals surface area (Å²) < 4.78 is 0. The van der Waals surface area contributed by atoms with Crippen molar-refractivity contribution in [1.29, 1.82) is 0 Å². The Labute approximate surface area is 165 Å². The first-order valence-electron chi connectivity index (χ1n) is 10.0. The third kappa shape index (κ3) is 4.57. The van der Waals surface area contributed by atoms with E-state index in [9.17, 15) is 4.79 Å². The smallest absolute Gasteiger partial charge is 0.251 e. The van der Waals surface area contributed by atoms with Gasteiger partial charge in [-0.2, -0.15) is 5.10 Å². The van der Waals surface area contributed by atoms with Gasteiger partial charge in [0.05, 0.1) is 11.9 Å². The molecule has 2 heterocycles. The molecular formula is C22H27N5O. The minimum atomic E-state index is -0.0602. The van der Waals surface area contributed by atoms with E-state index in [4.69, 9.17) is 4.98 Å². The van der Waals surface area contributed by atoms with Crippen molar-refractivity contribution in [3.63, 3.8) is 0 Å². The minimum absolute atomic E-state index is 0.0602. The lowest BCUT2D eigenvalue weighted by Gasteiger charge is -2.16. The number of hydrogen-bond donors (Lipinski definition) is 2. The van der Waals surface area contributed by atoms with E-state index in [2.05, 4.69) is 51.4 Å². The Morgan fingerprint density at radius 2 is 1.93 bits per heavy atom. The van der Waals surface area contributed by atoms with Gasteiger partial charge in [0.25, 0.3) is 5.56 Å². The predicted molar refractivity (Wildman–Crippen MR) is 110 cm³/mol. The van der Waals surface area contributed by atoms with Crippen LogP contribution >= 0.6 is 0 Å². The van der Waals surface area contributed by atoms with Gasteiger partial charge in [-0.15, -0.1) is 0 Å². The number of nitrogens with one attached hydrogen (secondary N) is 2. The van der Waals surface area contributed by atoms with E-state index in [1.54, 1.807) is 6.07 Å². The first-order chi connectivity index (χ1) is 13.7.